The highest BCUT2D eigenvalue weighted by Gasteiger charge is 2.39. The first kappa shape index (κ1) is 16.5. The summed E-state index contributed by atoms with van der Waals surface area (Å²) in [7, 11) is 1.83. The second-order valence-corrected chi connectivity index (χ2v) is 7.16. The molecule has 1 aromatic carbocycles. The lowest BCUT2D eigenvalue weighted by atomic mass is 9.74. The van der Waals surface area contributed by atoms with Crippen LogP contribution in [-0.4, -0.2) is 18.8 Å². The van der Waals surface area contributed by atoms with Crippen molar-refractivity contribution >= 4 is 0 Å². The second kappa shape index (κ2) is 6.93. The standard InChI is InChI=1S/C19H31NO/c1-14(2)17-7-5-16(6-8-17)13-18(20)19(21-4)11-9-15(3)10-12-19/h5-8,14-15,18H,9-13,20H2,1-4H3. The minimum atomic E-state index is -0.122. The van der Waals surface area contributed by atoms with Crippen molar-refractivity contribution in [2.75, 3.05) is 7.11 Å². The molecule has 0 amide bonds. The van der Waals surface area contributed by atoms with Crippen LogP contribution in [0.1, 0.15) is 63.5 Å². The average molecular weight is 289 g/mol. The van der Waals surface area contributed by atoms with Crippen molar-refractivity contribution in [1.29, 1.82) is 0 Å². The lowest BCUT2D eigenvalue weighted by molar-refractivity contribution is -0.0659. The molecule has 1 unspecified atom stereocenters. The van der Waals surface area contributed by atoms with E-state index >= 15 is 0 Å². The molecule has 1 aromatic rings. The van der Waals surface area contributed by atoms with E-state index in [4.69, 9.17) is 10.5 Å². The van der Waals surface area contributed by atoms with Gasteiger partial charge in [-0.15, -0.1) is 0 Å². The van der Waals surface area contributed by atoms with E-state index in [0.29, 0.717) is 5.92 Å². The lowest BCUT2D eigenvalue weighted by Gasteiger charge is -2.42. The van der Waals surface area contributed by atoms with E-state index in [-0.39, 0.29) is 11.6 Å². The summed E-state index contributed by atoms with van der Waals surface area (Å²) >= 11 is 0. The summed E-state index contributed by atoms with van der Waals surface area (Å²) in [6.45, 7) is 6.78. The van der Waals surface area contributed by atoms with Crippen molar-refractivity contribution in [3.63, 3.8) is 0 Å². The topological polar surface area (TPSA) is 35.2 Å². The molecular formula is C19H31NO. The van der Waals surface area contributed by atoms with Gasteiger partial charge in [0, 0.05) is 13.2 Å². The summed E-state index contributed by atoms with van der Waals surface area (Å²) in [5, 5.41) is 0. The molecule has 2 heteroatoms. The molecule has 2 nitrogen and oxygen atoms in total. The zero-order valence-corrected chi connectivity index (χ0v) is 14.1. The molecule has 0 aliphatic heterocycles. The summed E-state index contributed by atoms with van der Waals surface area (Å²) in [6, 6.07) is 9.00. The Labute approximate surface area is 130 Å². The molecule has 118 valence electrons. The zero-order valence-electron chi connectivity index (χ0n) is 14.1. The zero-order chi connectivity index (χ0) is 15.5. The molecule has 1 fully saturated rings. The third-order valence-corrected chi connectivity index (χ3v) is 5.30. The fraction of sp³-hybridized carbons (Fsp3) is 0.684. The van der Waals surface area contributed by atoms with Gasteiger partial charge in [-0.3, -0.25) is 0 Å². The van der Waals surface area contributed by atoms with Crippen molar-refractivity contribution in [2.24, 2.45) is 11.7 Å². The van der Waals surface area contributed by atoms with E-state index in [1.165, 1.54) is 24.0 Å². The van der Waals surface area contributed by atoms with Crippen molar-refractivity contribution in [1.82, 2.24) is 0 Å². The molecule has 1 saturated carbocycles. The Hall–Kier alpha value is -0.860. The molecule has 2 N–H and O–H groups in total. The van der Waals surface area contributed by atoms with E-state index in [2.05, 4.69) is 45.0 Å². The molecular weight excluding hydrogens is 258 g/mol. The van der Waals surface area contributed by atoms with Crippen LogP contribution in [0.5, 0.6) is 0 Å². The molecule has 2 rings (SSSR count). The molecule has 1 aliphatic carbocycles. The maximum absolute atomic E-state index is 6.54. The van der Waals surface area contributed by atoms with Gasteiger partial charge in [0.1, 0.15) is 0 Å². The van der Waals surface area contributed by atoms with Crippen molar-refractivity contribution in [3.05, 3.63) is 35.4 Å². The third-order valence-electron chi connectivity index (χ3n) is 5.30. The van der Waals surface area contributed by atoms with Crippen LogP contribution in [0.2, 0.25) is 0 Å². The minimum Gasteiger partial charge on any atom is -0.377 e. The molecule has 1 atom stereocenters. The molecule has 0 heterocycles. The van der Waals surface area contributed by atoms with Crippen LogP contribution in [0, 0.1) is 5.92 Å². The Balaban J connectivity index is 2.03. The Morgan fingerprint density at radius 3 is 2.24 bits per heavy atom. The quantitative estimate of drug-likeness (QED) is 0.878. The van der Waals surface area contributed by atoms with Crippen LogP contribution in [0.3, 0.4) is 0 Å². The van der Waals surface area contributed by atoms with Gasteiger partial charge in [-0.1, -0.05) is 45.0 Å². The van der Waals surface area contributed by atoms with Crippen LogP contribution in [-0.2, 0) is 11.2 Å². The van der Waals surface area contributed by atoms with E-state index in [1.54, 1.807) is 0 Å². The van der Waals surface area contributed by atoms with Crippen LogP contribution < -0.4 is 5.73 Å². The predicted molar refractivity (Wildman–Crippen MR) is 89.6 cm³/mol. The highest BCUT2D eigenvalue weighted by molar-refractivity contribution is 5.25. The van der Waals surface area contributed by atoms with Gasteiger partial charge in [0.2, 0.25) is 0 Å². The molecule has 0 spiro atoms. The minimum absolute atomic E-state index is 0.0832. The van der Waals surface area contributed by atoms with Gasteiger partial charge in [0.05, 0.1) is 5.60 Å². The average Bonchev–Trinajstić information content (AvgIpc) is 2.49. The van der Waals surface area contributed by atoms with Crippen LogP contribution >= 0.6 is 0 Å². The molecule has 21 heavy (non-hydrogen) atoms. The van der Waals surface area contributed by atoms with Crippen LogP contribution in [0.25, 0.3) is 0 Å². The van der Waals surface area contributed by atoms with E-state index in [1.807, 2.05) is 7.11 Å². The Morgan fingerprint density at radius 2 is 1.76 bits per heavy atom. The summed E-state index contributed by atoms with van der Waals surface area (Å²) in [5.41, 5.74) is 9.13. The summed E-state index contributed by atoms with van der Waals surface area (Å²) in [6.07, 6.45) is 5.55. The fourth-order valence-electron chi connectivity index (χ4n) is 3.46. The number of methoxy groups -OCH3 is 1. The second-order valence-electron chi connectivity index (χ2n) is 7.16. The van der Waals surface area contributed by atoms with Gasteiger partial charge in [-0.25, -0.2) is 0 Å². The maximum atomic E-state index is 6.54. The fourth-order valence-corrected chi connectivity index (χ4v) is 3.46. The van der Waals surface area contributed by atoms with Crippen molar-refractivity contribution in [2.45, 2.75) is 70.4 Å². The number of ether oxygens (including phenoxy) is 1. The van der Waals surface area contributed by atoms with Gasteiger partial charge >= 0.3 is 0 Å². The molecule has 1 aliphatic rings. The van der Waals surface area contributed by atoms with Crippen LogP contribution in [0.4, 0.5) is 0 Å². The van der Waals surface area contributed by atoms with Crippen LogP contribution in [0.15, 0.2) is 24.3 Å². The van der Waals surface area contributed by atoms with Crippen molar-refractivity contribution < 1.29 is 4.74 Å². The first-order chi connectivity index (χ1) is 9.97. The largest absolute Gasteiger partial charge is 0.377 e. The Morgan fingerprint density at radius 1 is 1.19 bits per heavy atom. The van der Waals surface area contributed by atoms with Gasteiger partial charge in [-0.05, 0) is 55.1 Å². The Bertz CT molecular complexity index is 429. The number of hydrogen-bond donors (Lipinski definition) is 1. The maximum Gasteiger partial charge on any atom is 0.0832 e. The molecule has 0 aromatic heterocycles. The predicted octanol–water partition coefficient (Wildman–Crippen LogP) is 4.28. The lowest BCUT2D eigenvalue weighted by Crippen LogP contribution is -2.52. The van der Waals surface area contributed by atoms with Crippen molar-refractivity contribution in [3.8, 4) is 0 Å². The van der Waals surface area contributed by atoms with E-state index in [9.17, 15) is 0 Å². The summed E-state index contributed by atoms with van der Waals surface area (Å²) in [5.74, 6) is 1.39. The molecule has 0 saturated heterocycles. The van der Waals surface area contributed by atoms with E-state index < -0.39 is 0 Å². The number of benzene rings is 1. The highest BCUT2D eigenvalue weighted by Crippen LogP contribution is 2.37. The summed E-state index contributed by atoms with van der Waals surface area (Å²) in [4.78, 5) is 0. The Kier molecular flexibility index (Phi) is 5.45. The monoisotopic (exact) mass is 289 g/mol. The number of rotatable bonds is 5. The summed E-state index contributed by atoms with van der Waals surface area (Å²) < 4.78 is 5.90. The first-order valence-corrected chi connectivity index (χ1v) is 8.36. The molecule has 0 radical (unpaired) electrons. The van der Waals surface area contributed by atoms with Gasteiger partial charge in [-0.2, -0.15) is 0 Å². The third kappa shape index (κ3) is 3.87. The van der Waals surface area contributed by atoms with E-state index in [0.717, 1.165) is 25.2 Å². The SMILES string of the molecule is COC1(C(N)Cc2ccc(C(C)C)cc2)CCC(C)CC1. The number of hydrogen-bond acceptors (Lipinski definition) is 2. The van der Waals surface area contributed by atoms with Gasteiger partial charge in [0.15, 0.2) is 0 Å². The van der Waals surface area contributed by atoms with Gasteiger partial charge in [0.25, 0.3) is 0 Å². The molecule has 0 bridgehead atoms. The highest BCUT2D eigenvalue weighted by atomic mass is 16.5. The first-order valence-electron chi connectivity index (χ1n) is 8.36. The smallest absolute Gasteiger partial charge is 0.0832 e. The normalized spacial score (nSPS) is 27.8. The number of nitrogens with two attached hydrogens (primary N) is 1. The van der Waals surface area contributed by atoms with Gasteiger partial charge < -0.3 is 10.5 Å².